The molecule has 2 unspecified atom stereocenters. The summed E-state index contributed by atoms with van der Waals surface area (Å²) in [6.07, 6.45) is 6.59. The van der Waals surface area contributed by atoms with Crippen LogP contribution in [0.5, 0.6) is 0 Å². The summed E-state index contributed by atoms with van der Waals surface area (Å²) in [6.45, 7) is 2.73. The Kier molecular flexibility index (Phi) is 3.16. The Bertz CT molecular complexity index is 312. The molecule has 1 aliphatic rings. The average molecular weight is 207 g/mol. The molecule has 82 valence electrons. The molecule has 2 N–H and O–H groups in total. The SMILES string of the molecule is Cc1cnc(NCC2CCCC2O)nc1. The maximum atomic E-state index is 9.63. The minimum absolute atomic E-state index is 0.150. The zero-order chi connectivity index (χ0) is 10.7. The number of aromatic nitrogens is 2. The van der Waals surface area contributed by atoms with Crippen molar-refractivity contribution in [1.29, 1.82) is 0 Å². The Balaban J connectivity index is 1.85. The summed E-state index contributed by atoms with van der Waals surface area (Å²) in [5.74, 6) is 1.01. The summed E-state index contributed by atoms with van der Waals surface area (Å²) in [6, 6.07) is 0. The molecule has 1 fully saturated rings. The third kappa shape index (κ3) is 2.65. The van der Waals surface area contributed by atoms with Crippen LogP contribution < -0.4 is 5.32 Å². The van der Waals surface area contributed by atoms with Crippen molar-refractivity contribution in [2.24, 2.45) is 5.92 Å². The minimum Gasteiger partial charge on any atom is -0.393 e. The number of nitrogens with zero attached hydrogens (tertiary/aromatic N) is 2. The molecular weight excluding hydrogens is 190 g/mol. The molecular formula is C11H17N3O. The van der Waals surface area contributed by atoms with Crippen LogP contribution in [0.15, 0.2) is 12.4 Å². The highest BCUT2D eigenvalue weighted by atomic mass is 16.3. The van der Waals surface area contributed by atoms with Gasteiger partial charge >= 0.3 is 0 Å². The molecule has 1 aliphatic carbocycles. The number of hydrogen-bond acceptors (Lipinski definition) is 4. The second-order valence-electron chi connectivity index (χ2n) is 4.22. The molecule has 15 heavy (non-hydrogen) atoms. The van der Waals surface area contributed by atoms with Crippen LogP contribution in [0.2, 0.25) is 0 Å². The van der Waals surface area contributed by atoms with Crippen LogP contribution in [-0.4, -0.2) is 27.7 Å². The molecule has 1 aromatic heterocycles. The van der Waals surface area contributed by atoms with Crippen molar-refractivity contribution in [3.63, 3.8) is 0 Å². The van der Waals surface area contributed by atoms with Gasteiger partial charge in [0.05, 0.1) is 6.10 Å². The van der Waals surface area contributed by atoms with Gasteiger partial charge in [0.2, 0.25) is 5.95 Å². The van der Waals surface area contributed by atoms with Crippen LogP contribution in [-0.2, 0) is 0 Å². The number of hydrogen-bond donors (Lipinski definition) is 2. The van der Waals surface area contributed by atoms with Gasteiger partial charge in [-0.05, 0) is 25.3 Å². The smallest absolute Gasteiger partial charge is 0.222 e. The van der Waals surface area contributed by atoms with Crippen molar-refractivity contribution in [2.45, 2.75) is 32.3 Å². The topological polar surface area (TPSA) is 58.0 Å². The minimum atomic E-state index is -0.150. The maximum Gasteiger partial charge on any atom is 0.222 e. The van der Waals surface area contributed by atoms with Crippen molar-refractivity contribution < 1.29 is 5.11 Å². The summed E-state index contributed by atoms with van der Waals surface area (Å²) in [5, 5.41) is 12.8. The second-order valence-corrected chi connectivity index (χ2v) is 4.22. The van der Waals surface area contributed by atoms with Gasteiger partial charge in [-0.2, -0.15) is 0 Å². The highest BCUT2D eigenvalue weighted by Crippen LogP contribution is 2.25. The monoisotopic (exact) mass is 207 g/mol. The number of aliphatic hydroxyl groups is 1. The Morgan fingerprint density at radius 1 is 1.40 bits per heavy atom. The van der Waals surface area contributed by atoms with E-state index in [9.17, 15) is 5.11 Å². The molecule has 2 rings (SSSR count). The van der Waals surface area contributed by atoms with Crippen molar-refractivity contribution in [2.75, 3.05) is 11.9 Å². The van der Waals surface area contributed by atoms with E-state index in [0.717, 1.165) is 31.4 Å². The summed E-state index contributed by atoms with van der Waals surface area (Å²) >= 11 is 0. The van der Waals surface area contributed by atoms with E-state index in [1.54, 1.807) is 12.4 Å². The molecule has 0 aliphatic heterocycles. The predicted octanol–water partition coefficient (Wildman–Crippen LogP) is 1.36. The van der Waals surface area contributed by atoms with Gasteiger partial charge in [-0.3, -0.25) is 0 Å². The highest BCUT2D eigenvalue weighted by Gasteiger charge is 2.24. The molecule has 0 bridgehead atoms. The maximum absolute atomic E-state index is 9.63. The molecule has 0 amide bonds. The molecule has 0 spiro atoms. The molecule has 0 saturated heterocycles. The van der Waals surface area contributed by atoms with Gasteiger partial charge in [-0.1, -0.05) is 6.42 Å². The predicted molar refractivity (Wildman–Crippen MR) is 58.6 cm³/mol. The van der Waals surface area contributed by atoms with Gasteiger partial charge < -0.3 is 10.4 Å². The van der Waals surface area contributed by atoms with E-state index < -0.39 is 0 Å². The van der Waals surface area contributed by atoms with E-state index in [1.807, 2.05) is 6.92 Å². The number of rotatable bonds is 3. The number of aliphatic hydroxyl groups excluding tert-OH is 1. The molecule has 0 aromatic carbocycles. The van der Waals surface area contributed by atoms with E-state index in [4.69, 9.17) is 0 Å². The van der Waals surface area contributed by atoms with Crippen molar-refractivity contribution in [1.82, 2.24) is 9.97 Å². The molecule has 4 nitrogen and oxygen atoms in total. The fraction of sp³-hybridized carbons (Fsp3) is 0.636. The third-order valence-corrected chi connectivity index (χ3v) is 2.92. The first-order chi connectivity index (χ1) is 7.25. The lowest BCUT2D eigenvalue weighted by molar-refractivity contribution is 0.138. The summed E-state index contributed by atoms with van der Waals surface area (Å²) in [7, 11) is 0. The zero-order valence-corrected chi connectivity index (χ0v) is 8.98. The van der Waals surface area contributed by atoms with E-state index in [-0.39, 0.29) is 6.10 Å². The van der Waals surface area contributed by atoms with Gasteiger partial charge in [0.15, 0.2) is 0 Å². The summed E-state index contributed by atoms with van der Waals surface area (Å²) < 4.78 is 0. The lowest BCUT2D eigenvalue weighted by Crippen LogP contribution is -2.22. The van der Waals surface area contributed by atoms with E-state index in [0.29, 0.717) is 11.9 Å². The van der Waals surface area contributed by atoms with E-state index in [1.165, 1.54) is 0 Å². The lowest BCUT2D eigenvalue weighted by Gasteiger charge is -2.14. The quantitative estimate of drug-likeness (QED) is 0.785. The summed E-state index contributed by atoms with van der Waals surface area (Å²) in [4.78, 5) is 8.32. The van der Waals surface area contributed by atoms with Crippen LogP contribution >= 0.6 is 0 Å². The van der Waals surface area contributed by atoms with E-state index >= 15 is 0 Å². The van der Waals surface area contributed by atoms with Crippen molar-refractivity contribution >= 4 is 5.95 Å². The number of nitrogens with one attached hydrogen (secondary N) is 1. The van der Waals surface area contributed by atoms with Gasteiger partial charge in [0.1, 0.15) is 0 Å². The fourth-order valence-electron chi connectivity index (χ4n) is 1.96. The molecule has 1 aromatic rings. The highest BCUT2D eigenvalue weighted by molar-refractivity contribution is 5.24. The fourth-order valence-corrected chi connectivity index (χ4v) is 1.96. The van der Waals surface area contributed by atoms with Crippen molar-refractivity contribution in [3.8, 4) is 0 Å². The molecule has 0 radical (unpaired) electrons. The molecule has 2 atom stereocenters. The largest absolute Gasteiger partial charge is 0.393 e. The number of aryl methyl sites for hydroxylation is 1. The second kappa shape index (κ2) is 4.57. The Morgan fingerprint density at radius 3 is 2.73 bits per heavy atom. The van der Waals surface area contributed by atoms with Crippen LogP contribution in [0.25, 0.3) is 0 Å². The Labute approximate surface area is 89.8 Å². The molecule has 1 saturated carbocycles. The Morgan fingerprint density at radius 2 is 2.13 bits per heavy atom. The first-order valence-electron chi connectivity index (χ1n) is 5.46. The Hall–Kier alpha value is -1.16. The summed E-state index contributed by atoms with van der Waals surface area (Å²) in [5.41, 5.74) is 1.06. The average Bonchev–Trinajstić information content (AvgIpc) is 2.63. The first-order valence-corrected chi connectivity index (χ1v) is 5.46. The van der Waals surface area contributed by atoms with Crippen molar-refractivity contribution in [3.05, 3.63) is 18.0 Å². The standard InChI is InChI=1S/C11H17N3O/c1-8-5-12-11(13-6-8)14-7-9-3-2-4-10(9)15/h5-6,9-10,15H,2-4,7H2,1H3,(H,12,13,14). The lowest BCUT2D eigenvalue weighted by atomic mass is 10.1. The number of anilines is 1. The van der Waals surface area contributed by atoms with Gasteiger partial charge in [0.25, 0.3) is 0 Å². The first kappa shape index (κ1) is 10.4. The van der Waals surface area contributed by atoms with Gasteiger partial charge in [0, 0.05) is 24.9 Å². The van der Waals surface area contributed by atoms with Crippen LogP contribution in [0.1, 0.15) is 24.8 Å². The van der Waals surface area contributed by atoms with Gasteiger partial charge in [-0.25, -0.2) is 9.97 Å². The molecule has 1 heterocycles. The van der Waals surface area contributed by atoms with Crippen LogP contribution in [0, 0.1) is 12.8 Å². The van der Waals surface area contributed by atoms with E-state index in [2.05, 4.69) is 15.3 Å². The molecule has 4 heteroatoms. The normalized spacial score (nSPS) is 25.5. The zero-order valence-electron chi connectivity index (χ0n) is 8.98. The van der Waals surface area contributed by atoms with Gasteiger partial charge in [-0.15, -0.1) is 0 Å². The third-order valence-electron chi connectivity index (χ3n) is 2.92. The van der Waals surface area contributed by atoms with Crippen LogP contribution in [0.4, 0.5) is 5.95 Å². The van der Waals surface area contributed by atoms with Crippen LogP contribution in [0.3, 0.4) is 0 Å².